The van der Waals surface area contributed by atoms with E-state index < -0.39 is 6.09 Å². The predicted molar refractivity (Wildman–Crippen MR) is 147 cm³/mol. The number of nitrogens with zero attached hydrogens (tertiary/aromatic N) is 4. The van der Waals surface area contributed by atoms with Gasteiger partial charge in [-0.25, -0.2) is 4.79 Å². The fraction of sp³-hybridized carbons (Fsp3) is 0.345. The molecule has 0 aliphatic carbocycles. The van der Waals surface area contributed by atoms with E-state index in [1.165, 1.54) is 0 Å². The summed E-state index contributed by atoms with van der Waals surface area (Å²) in [6.45, 7) is 6.80. The van der Waals surface area contributed by atoms with Crippen LogP contribution in [0.3, 0.4) is 0 Å². The van der Waals surface area contributed by atoms with E-state index in [4.69, 9.17) is 26.2 Å². The number of hydrogen-bond donors (Lipinski definition) is 1. The highest BCUT2D eigenvalue weighted by atomic mass is 35.5. The fourth-order valence-corrected chi connectivity index (χ4v) is 5.72. The zero-order valence-corrected chi connectivity index (χ0v) is 22.6. The third kappa shape index (κ3) is 4.76. The van der Waals surface area contributed by atoms with Gasteiger partial charge in [-0.15, -0.1) is 0 Å². The Labute approximate surface area is 226 Å². The van der Waals surface area contributed by atoms with Crippen LogP contribution in [0, 0.1) is 5.41 Å². The number of benzene rings is 2. The summed E-state index contributed by atoms with van der Waals surface area (Å²) in [5, 5.41) is 16.4. The number of likely N-dealkylation sites (tertiary alicyclic amines) is 1. The minimum Gasteiger partial charge on any atom is -0.495 e. The molecule has 198 valence electrons. The first-order valence-electron chi connectivity index (χ1n) is 12.6. The standard InChI is InChI=1S/C29H31ClN4O4/c1-29(2,3)27-22(7-6-16-33(27)28(35)36)34-21-14-15-31-17-20(21)26(32-34)18-10-12-19(13-11-18)38-24-9-5-8-23(37-4)25(24)30/h5,8-15,17,22,27H,6-7,16H2,1-4H3,(H,35,36). The largest absolute Gasteiger partial charge is 0.495 e. The Hall–Kier alpha value is -3.78. The van der Waals surface area contributed by atoms with Crippen molar-refractivity contribution in [2.45, 2.75) is 45.7 Å². The van der Waals surface area contributed by atoms with Crippen LogP contribution in [0.1, 0.15) is 39.7 Å². The Kier molecular flexibility index (Phi) is 6.92. The van der Waals surface area contributed by atoms with Gasteiger partial charge in [0.2, 0.25) is 0 Å². The van der Waals surface area contributed by atoms with Crippen LogP contribution in [0.4, 0.5) is 4.79 Å². The third-order valence-electron chi connectivity index (χ3n) is 7.06. The van der Waals surface area contributed by atoms with Gasteiger partial charge in [-0.05, 0) is 60.7 Å². The van der Waals surface area contributed by atoms with E-state index in [0.29, 0.717) is 28.8 Å². The molecule has 0 bridgehead atoms. The quantitative estimate of drug-likeness (QED) is 0.289. The van der Waals surface area contributed by atoms with E-state index in [-0.39, 0.29) is 17.5 Å². The molecular formula is C29H31ClN4O4. The average molecular weight is 535 g/mol. The summed E-state index contributed by atoms with van der Waals surface area (Å²) < 4.78 is 13.3. The summed E-state index contributed by atoms with van der Waals surface area (Å²) in [7, 11) is 1.56. The number of amides is 1. The summed E-state index contributed by atoms with van der Waals surface area (Å²) in [5.74, 6) is 1.68. The average Bonchev–Trinajstić information content (AvgIpc) is 3.29. The zero-order chi connectivity index (χ0) is 27.0. The highest BCUT2D eigenvalue weighted by Gasteiger charge is 2.43. The molecule has 2 aromatic heterocycles. The van der Waals surface area contributed by atoms with E-state index in [2.05, 4.69) is 25.8 Å². The monoisotopic (exact) mass is 534 g/mol. The lowest BCUT2D eigenvalue weighted by molar-refractivity contribution is 0.0250. The van der Waals surface area contributed by atoms with Crippen LogP contribution in [-0.4, -0.2) is 50.6 Å². The van der Waals surface area contributed by atoms with Crippen molar-refractivity contribution in [1.82, 2.24) is 19.7 Å². The molecule has 38 heavy (non-hydrogen) atoms. The van der Waals surface area contributed by atoms with Crippen molar-refractivity contribution < 1.29 is 19.4 Å². The smallest absolute Gasteiger partial charge is 0.407 e. The van der Waals surface area contributed by atoms with Gasteiger partial charge >= 0.3 is 6.09 Å². The Morgan fingerprint density at radius 3 is 2.53 bits per heavy atom. The van der Waals surface area contributed by atoms with Crippen LogP contribution in [0.15, 0.2) is 60.9 Å². The lowest BCUT2D eigenvalue weighted by Crippen LogP contribution is -2.54. The number of halogens is 1. The molecule has 1 aliphatic rings. The molecule has 0 spiro atoms. The first kappa shape index (κ1) is 25.9. The molecule has 2 atom stereocenters. The lowest BCUT2D eigenvalue weighted by atomic mass is 9.77. The van der Waals surface area contributed by atoms with Gasteiger partial charge in [0, 0.05) is 29.9 Å². The van der Waals surface area contributed by atoms with Gasteiger partial charge in [-0.1, -0.05) is 38.4 Å². The first-order chi connectivity index (χ1) is 18.2. The second kappa shape index (κ2) is 10.2. The summed E-state index contributed by atoms with van der Waals surface area (Å²) in [6.07, 6.45) is 4.31. The summed E-state index contributed by atoms with van der Waals surface area (Å²) in [4.78, 5) is 18.1. The number of aromatic nitrogens is 3. The maximum Gasteiger partial charge on any atom is 0.407 e. The second-order valence-electron chi connectivity index (χ2n) is 10.6. The number of hydrogen-bond acceptors (Lipinski definition) is 5. The third-order valence-corrected chi connectivity index (χ3v) is 7.43. The minimum absolute atomic E-state index is 0.101. The molecule has 1 fully saturated rings. The van der Waals surface area contributed by atoms with Crippen LogP contribution in [0.5, 0.6) is 17.2 Å². The van der Waals surface area contributed by atoms with Crippen LogP contribution in [0.2, 0.25) is 5.02 Å². The Balaban J connectivity index is 1.52. The molecule has 3 heterocycles. The van der Waals surface area contributed by atoms with Crippen molar-refractivity contribution in [2.24, 2.45) is 5.41 Å². The van der Waals surface area contributed by atoms with E-state index in [9.17, 15) is 9.90 Å². The Bertz CT molecular complexity index is 1460. The highest BCUT2D eigenvalue weighted by Crippen LogP contribution is 2.42. The number of piperidine rings is 1. The molecule has 4 aromatic rings. The lowest BCUT2D eigenvalue weighted by Gasteiger charge is -2.46. The molecule has 2 aromatic carbocycles. The minimum atomic E-state index is -0.889. The van der Waals surface area contributed by atoms with E-state index in [1.54, 1.807) is 30.3 Å². The molecule has 0 saturated carbocycles. The van der Waals surface area contributed by atoms with Crippen molar-refractivity contribution in [3.8, 4) is 28.5 Å². The molecule has 5 rings (SSSR count). The number of pyridine rings is 1. The van der Waals surface area contributed by atoms with Crippen molar-refractivity contribution >= 4 is 28.6 Å². The number of carboxylic acid groups (broad SMARTS) is 1. The van der Waals surface area contributed by atoms with Gasteiger partial charge in [0.05, 0.1) is 24.7 Å². The molecule has 1 saturated heterocycles. The topological polar surface area (TPSA) is 89.7 Å². The molecule has 1 N–H and O–H groups in total. The van der Waals surface area contributed by atoms with Gasteiger partial charge in [0.25, 0.3) is 0 Å². The normalized spacial score (nSPS) is 18.0. The molecule has 2 unspecified atom stereocenters. The van der Waals surface area contributed by atoms with Gasteiger partial charge < -0.3 is 19.5 Å². The van der Waals surface area contributed by atoms with E-state index in [0.717, 1.165) is 35.0 Å². The van der Waals surface area contributed by atoms with Crippen molar-refractivity contribution in [3.63, 3.8) is 0 Å². The summed E-state index contributed by atoms with van der Waals surface area (Å²) in [5.41, 5.74) is 2.36. The van der Waals surface area contributed by atoms with Gasteiger partial charge in [-0.3, -0.25) is 9.67 Å². The van der Waals surface area contributed by atoms with E-state index in [1.807, 2.05) is 47.3 Å². The molecule has 9 heteroatoms. The first-order valence-corrected chi connectivity index (χ1v) is 13.0. The second-order valence-corrected chi connectivity index (χ2v) is 11.0. The van der Waals surface area contributed by atoms with Gasteiger partial charge in [-0.2, -0.15) is 5.10 Å². The van der Waals surface area contributed by atoms with Crippen LogP contribution in [-0.2, 0) is 0 Å². The van der Waals surface area contributed by atoms with Crippen molar-refractivity contribution in [3.05, 3.63) is 65.9 Å². The van der Waals surface area contributed by atoms with Crippen LogP contribution < -0.4 is 9.47 Å². The molecule has 8 nitrogen and oxygen atoms in total. The summed E-state index contributed by atoms with van der Waals surface area (Å²) in [6, 6.07) is 14.7. The number of fused-ring (bicyclic) bond motifs is 1. The summed E-state index contributed by atoms with van der Waals surface area (Å²) >= 11 is 6.39. The van der Waals surface area contributed by atoms with Gasteiger partial charge in [0.15, 0.2) is 0 Å². The molecule has 1 amide bonds. The van der Waals surface area contributed by atoms with Crippen LogP contribution in [0.25, 0.3) is 22.2 Å². The SMILES string of the molecule is COc1cccc(Oc2ccc(-c3nn(C4CCCN(C(=O)O)C4C(C)(C)C)c4ccncc34)cc2)c1Cl. The van der Waals surface area contributed by atoms with Crippen LogP contribution >= 0.6 is 11.6 Å². The predicted octanol–water partition coefficient (Wildman–Crippen LogP) is 7.28. The number of carbonyl (C=O) groups is 1. The van der Waals surface area contributed by atoms with Crippen molar-refractivity contribution in [1.29, 1.82) is 0 Å². The zero-order valence-electron chi connectivity index (χ0n) is 21.9. The number of ether oxygens (including phenoxy) is 2. The fourth-order valence-electron chi connectivity index (χ4n) is 5.48. The maximum absolute atomic E-state index is 12.2. The maximum atomic E-state index is 12.2. The van der Waals surface area contributed by atoms with E-state index >= 15 is 0 Å². The van der Waals surface area contributed by atoms with Crippen molar-refractivity contribution in [2.75, 3.05) is 13.7 Å². The molecule has 0 radical (unpaired) electrons. The number of rotatable bonds is 5. The number of methoxy groups -OCH3 is 1. The molecule has 1 aliphatic heterocycles. The molecular weight excluding hydrogens is 504 g/mol. The Morgan fingerprint density at radius 2 is 1.84 bits per heavy atom. The van der Waals surface area contributed by atoms with Gasteiger partial charge in [0.1, 0.15) is 28.0 Å². The Morgan fingerprint density at radius 1 is 1.11 bits per heavy atom. The highest BCUT2D eigenvalue weighted by molar-refractivity contribution is 6.33.